The van der Waals surface area contributed by atoms with Crippen molar-refractivity contribution in [3.05, 3.63) is 29.8 Å². The van der Waals surface area contributed by atoms with Crippen LogP contribution in [0.2, 0.25) is 0 Å². The molecule has 0 N–H and O–H groups in total. The molecule has 1 heterocycles. The lowest BCUT2D eigenvalue weighted by Crippen LogP contribution is -1.97. The number of nitrogens with zero attached hydrogens (tertiary/aromatic N) is 1. The van der Waals surface area contributed by atoms with Crippen molar-refractivity contribution in [3.8, 4) is 0 Å². The lowest BCUT2D eigenvalue weighted by atomic mass is 10.1. The molecule has 1 nitrogen and oxygen atoms in total. The Morgan fingerprint density at radius 3 is 3.00 bits per heavy atom. The van der Waals surface area contributed by atoms with Crippen molar-refractivity contribution in [2.75, 3.05) is 5.33 Å². The molecule has 1 atom stereocenters. The first kappa shape index (κ1) is 8.65. The Morgan fingerprint density at radius 2 is 2.45 bits per heavy atom. The molecule has 0 fully saturated rings. The van der Waals surface area contributed by atoms with Crippen molar-refractivity contribution in [2.45, 2.75) is 12.8 Å². The van der Waals surface area contributed by atoms with Crippen LogP contribution in [0.1, 0.15) is 18.5 Å². The van der Waals surface area contributed by atoms with E-state index in [2.05, 4.69) is 20.9 Å². The van der Waals surface area contributed by atoms with Gasteiger partial charge in [-0.2, -0.15) is 0 Å². The average molecular weight is 218 g/mol. The molecule has 0 aliphatic carbocycles. The highest BCUT2D eigenvalue weighted by atomic mass is 79.9. The number of alkyl halides is 1. The number of pyridine rings is 1. The van der Waals surface area contributed by atoms with E-state index < -0.39 is 0 Å². The third kappa shape index (κ3) is 2.26. The van der Waals surface area contributed by atoms with Crippen LogP contribution in [0.3, 0.4) is 0 Å². The van der Waals surface area contributed by atoms with Crippen LogP contribution >= 0.6 is 15.9 Å². The van der Waals surface area contributed by atoms with Gasteiger partial charge in [-0.15, -0.1) is 0 Å². The van der Waals surface area contributed by atoms with Crippen LogP contribution < -0.4 is 0 Å². The van der Waals surface area contributed by atoms with Gasteiger partial charge in [0.05, 0.1) is 0 Å². The smallest absolute Gasteiger partial charge is 0.126 e. The zero-order valence-electron chi connectivity index (χ0n) is 6.22. The van der Waals surface area contributed by atoms with E-state index in [0.29, 0.717) is 0 Å². The van der Waals surface area contributed by atoms with E-state index in [9.17, 15) is 4.39 Å². The second-order valence-electron chi connectivity index (χ2n) is 2.45. The molecule has 1 unspecified atom stereocenters. The van der Waals surface area contributed by atoms with Crippen molar-refractivity contribution in [2.24, 2.45) is 0 Å². The van der Waals surface area contributed by atoms with Crippen LogP contribution in [0.5, 0.6) is 0 Å². The fraction of sp³-hybridized carbons (Fsp3) is 0.375. The number of hydrogen-bond donors (Lipinski definition) is 0. The van der Waals surface area contributed by atoms with Crippen molar-refractivity contribution in [3.63, 3.8) is 0 Å². The maximum Gasteiger partial charge on any atom is 0.126 e. The predicted molar refractivity (Wildman–Crippen MR) is 46.4 cm³/mol. The van der Waals surface area contributed by atoms with Gasteiger partial charge in [0.2, 0.25) is 0 Å². The number of rotatable bonds is 2. The maximum absolute atomic E-state index is 12.6. The highest BCUT2D eigenvalue weighted by molar-refractivity contribution is 9.09. The van der Waals surface area contributed by atoms with Gasteiger partial charge in [-0.1, -0.05) is 22.9 Å². The van der Waals surface area contributed by atoms with Gasteiger partial charge in [0.1, 0.15) is 5.82 Å². The molecule has 1 aromatic rings. The first-order valence-electron chi connectivity index (χ1n) is 3.41. The standard InChI is InChI=1S/C8H9BrFN/c1-6(5-9)8-4-7(10)2-3-11-8/h2-4,6H,5H2,1H3. The topological polar surface area (TPSA) is 12.9 Å². The summed E-state index contributed by atoms with van der Waals surface area (Å²) in [6, 6.07) is 2.82. The van der Waals surface area contributed by atoms with E-state index in [1.165, 1.54) is 18.3 Å². The molecule has 0 aliphatic rings. The molecule has 0 amide bonds. The van der Waals surface area contributed by atoms with Crippen molar-refractivity contribution in [1.29, 1.82) is 0 Å². The van der Waals surface area contributed by atoms with E-state index in [0.717, 1.165) is 11.0 Å². The summed E-state index contributed by atoms with van der Waals surface area (Å²) in [5, 5.41) is 0.809. The molecule has 0 radical (unpaired) electrons. The SMILES string of the molecule is CC(CBr)c1cc(F)ccn1. The van der Waals surface area contributed by atoms with Gasteiger partial charge < -0.3 is 0 Å². The quantitative estimate of drug-likeness (QED) is 0.695. The highest BCUT2D eigenvalue weighted by Gasteiger charge is 2.04. The largest absolute Gasteiger partial charge is 0.261 e. The van der Waals surface area contributed by atoms with E-state index in [1.807, 2.05) is 6.92 Å². The second-order valence-corrected chi connectivity index (χ2v) is 3.10. The van der Waals surface area contributed by atoms with E-state index in [1.54, 1.807) is 0 Å². The van der Waals surface area contributed by atoms with Gasteiger partial charge >= 0.3 is 0 Å². The molecular weight excluding hydrogens is 209 g/mol. The number of aromatic nitrogens is 1. The molecule has 0 aliphatic heterocycles. The Bertz CT molecular complexity index is 239. The second kappa shape index (κ2) is 3.81. The van der Waals surface area contributed by atoms with Gasteiger partial charge in [0.25, 0.3) is 0 Å². The Labute approximate surface area is 73.8 Å². The summed E-state index contributed by atoms with van der Waals surface area (Å²) in [7, 11) is 0. The fourth-order valence-electron chi connectivity index (χ4n) is 0.770. The van der Waals surface area contributed by atoms with Crippen LogP contribution in [0, 0.1) is 5.82 Å². The van der Waals surface area contributed by atoms with Crippen LogP contribution in [-0.2, 0) is 0 Å². The summed E-state index contributed by atoms with van der Waals surface area (Å²) in [5.41, 5.74) is 0.793. The molecule has 0 spiro atoms. The summed E-state index contributed by atoms with van der Waals surface area (Å²) in [6.45, 7) is 2.00. The normalized spacial score (nSPS) is 13.0. The molecule has 1 aromatic heterocycles. The first-order valence-corrected chi connectivity index (χ1v) is 4.53. The van der Waals surface area contributed by atoms with Crippen LogP contribution in [0.25, 0.3) is 0 Å². The number of hydrogen-bond acceptors (Lipinski definition) is 1. The molecule has 0 bridgehead atoms. The Kier molecular flexibility index (Phi) is 3.00. The average Bonchev–Trinajstić information content (AvgIpc) is 2.03. The van der Waals surface area contributed by atoms with E-state index >= 15 is 0 Å². The summed E-state index contributed by atoms with van der Waals surface area (Å²) >= 11 is 3.31. The minimum absolute atomic E-state index is 0.220. The lowest BCUT2D eigenvalue weighted by Gasteiger charge is -2.05. The molecule has 3 heteroatoms. The van der Waals surface area contributed by atoms with Crippen molar-refractivity contribution < 1.29 is 4.39 Å². The predicted octanol–water partition coefficient (Wildman–Crippen LogP) is 2.72. The van der Waals surface area contributed by atoms with Crippen LogP contribution in [0.15, 0.2) is 18.3 Å². The molecule has 0 saturated carbocycles. The molecule has 0 aromatic carbocycles. The zero-order valence-corrected chi connectivity index (χ0v) is 7.81. The molecule has 60 valence electrons. The monoisotopic (exact) mass is 217 g/mol. The summed E-state index contributed by atoms with van der Waals surface area (Å²) in [5.74, 6) is 0.0495. The summed E-state index contributed by atoms with van der Waals surface area (Å²) in [6.07, 6.45) is 1.49. The maximum atomic E-state index is 12.6. The molecular formula is C8H9BrFN. The van der Waals surface area contributed by atoms with Gasteiger partial charge in [-0.3, -0.25) is 4.98 Å². The van der Waals surface area contributed by atoms with E-state index in [-0.39, 0.29) is 11.7 Å². The number of halogens is 2. The van der Waals surface area contributed by atoms with Gasteiger partial charge in [-0.05, 0) is 12.1 Å². The van der Waals surface area contributed by atoms with Gasteiger partial charge in [0, 0.05) is 23.1 Å². The van der Waals surface area contributed by atoms with E-state index in [4.69, 9.17) is 0 Å². The van der Waals surface area contributed by atoms with Gasteiger partial charge in [-0.25, -0.2) is 4.39 Å². The minimum Gasteiger partial charge on any atom is -0.261 e. The molecule has 11 heavy (non-hydrogen) atoms. The Balaban J connectivity index is 2.86. The third-order valence-electron chi connectivity index (χ3n) is 1.48. The van der Waals surface area contributed by atoms with Crippen LogP contribution in [-0.4, -0.2) is 10.3 Å². The third-order valence-corrected chi connectivity index (χ3v) is 2.45. The Hall–Kier alpha value is -0.440. The van der Waals surface area contributed by atoms with Crippen LogP contribution in [0.4, 0.5) is 4.39 Å². The summed E-state index contributed by atoms with van der Waals surface area (Å²) < 4.78 is 12.6. The van der Waals surface area contributed by atoms with Crippen molar-refractivity contribution >= 4 is 15.9 Å². The first-order chi connectivity index (χ1) is 5.24. The lowest BCUT2D eigenvalue weighted by molar-refractivity contribution is 0.619. The zero-order chi connectivity index (χ0) is 8.27. The highest BCUT2D eigenvalue weighted by Crippen LogP contribution is 2.14. The Morgan fingerprint density at radius 1 is 1.73 bits per heavy atom. The van der Waals surface area contributed by atoms with Crippen molar-refractivity contribution in [1.82, 2.24) is 4.98 Å². The summed E-state index contributed by atoms with van der Waals surface area (Å²) in [4.78, 5) is 4.04. The minimum atomic E-state index is -0.220. The molecule has 0 saturated heterocycles. The van der Waals surface area contributed by atoms with Gasteiger partial charge in [0.15, 0.2) is 0 Å². The molecule has 1 rings (SSSR count). The fourth-order valence-corrected chi connectivity index (χ4v) is 1.10.